The Bertz CT molecular complexity index is 1520. The molecule has 0 radical (unpaired) electrons. The number of imide groups is 1. The van der Waals surface area contributed by atoms with Gasteiger partial charge in [-0.3, -0.25) is 24.5 Å². The van der Waals surface area contributed by atoms with E-state index >= 15 is 0 Å². The first-order chi connectivity index (χ1) is 17.5. The van der Waals surface area contributed by atoms with Crippen LogP contribution in [-0.4, -0.2) is 54.5 Å². The van der Waals surface area contributed by atoms with E-state index in [-0.39, 0.29) is 37.0 Å². The summed E-state index contributed by atoms with van der Waals surface area (Å²) in [5.74, 6) is -1.12. The van der Waals surface area contributed by atoms with Crippen molar-refractivity contribution in [3.63, 3.8) is 0 Å². The number of fused-ring (bicyclic) bond motifs is 2. The van der Waals surface area contributed by atoms with Crippen LogP contribution in [-0.2, 0) is 22.7 Å². The maximum absolute atomic E-state index is 12.9. The summed E-state index contributed by atoms with van der Waals surface area (Å²) in [5.41, 5.74) is 3.27. The van der Waals surface area contributed by atoms with Crippen LogP contribution in [0.4, 0.5) is 0 Å². The molecule has 36 heavy (non-hydrogen) atoms. The molecule has 1 saturated heterocycles. The fraction of sp³-hybridized carbons (Fsp3) is 0.208. The van der Waals surface area contributed by atoms with Crippen molar-refractivity contribution >= 4 is 34.7 Å². The van der Waals surface area contributed by atoms with Gasteiger partial charge in [-0.2, -0.15) is 0 Å². The van der Waals surface area contributed by atoms with Crippen molar-refractivity contribution in [1.29, 1.82) is 0 Å². The smallest absolute Gasteiger partial charge is 0.273 e. The molecule has 180 valence electrons. The lowest BCUT2D eigenvalue weighted by Crippen LogP contribution is -2.52. The molecule has 0 spiro atoms. The first-order valence-electron chi connectivity index (χ1n) is 11.3. The molecule has 0 aliphatic carbocycles. The summed E-state index contributed by atoms with van der Waals surface area (Å²) < 4.78 is 7.04. The highest BCUT2D eigenvalue weighted by Gasteiger charge is 2.39. The molecule has 2 aliphatic rings. The van der Waals surface area contributed by atoms with Gasteiger partial charge in [0.2, 0.25) is 17.7 Å². The van der Waals surface area contributed by atoms with Crippen LogP contribution in [0.3, 0.4) is 0 Å². The Hall–Kier alpha value is -4.87. The van der Waals surface area contributed by atoms with Crippen molar-refractivity contribution < 1.29 is 23.6 Å². The zero-order chi connectivity index (χ0) is 24.8. The molecule has 6 rings (SSSR count). The lowest BCUT2D eigenvalue weighted by molar-refractivity contribution is -0.136. The number of oxazole rings is 1. The zero-order valence-corrected chi connectivity index (χ0v) is 18.8. The second-order valence-electron chi connectivity index (χ2n) is 8.55. The van der Waals surface area contributed by atoms with E-state index < -0.39 is 17.9 Å². The molecule has 12 heteroatoms. The quantitative estimate of drug-likeness (QED) is 0.399. The van der Waals surface area contributed by atoms with Gasteiger partial charge in [0.15, 0.2) is 11.3 Å². The second-order valence-corrected chi connectivity index (χ2v) is 8.55. The van der Waals surface area contributed by atoms with E-state index in [4.69, 9.17) is 4.42 Å². The summed E-state index contributed by atoms with van der Waals surface area (Å²) in [7, 11) is 0. The number of nitrogens with one attached hydrogen (secondary N) is 2. The number of para-hydroxylation sites is 2. The summed E-state index contributed by atoms with van der Waals surface area (Å²) in [5, 5.41) is 13.0. The Morgan fingerprint density at radius 1 is 1.17 bits per heavy atom. The molecule has 4 amide bonds. The Balaban J connectivity index is 1.15. The zero-order valence-electron chi connectivity index (χ0n) is 18.8. The maximum Gasteiger partial charge on any atom is 0.273 e. The van der Waals surface area contributed by atoms with Gasteiger partial charge >= 0.3 is 0 Å². The van der Waals surface area contributed by atoms with Crippen LogP contribution in [0.1, 0.15) is 45.1 Å². The summed E-state index contributed by atoms with van der Waals surface area (Å²) >= 11 is 0. The number of carbonyl (C=O) groups is 4. The number of rotatable bonds is 5. The third kappa shape index (κ3) is 3.78. The molecule has 4 aromatic rings. The summed E-state index contributed by atoms with van der Waals surface area (Å²) in [6.45, 7) is 0.332. The van der Waals surface area contributed by atoms with E-state index in [0.717, 1.165) is 5.56 Å². The van der Waals surface area contributed by atoms with Crippen LogP contribution < -0.4 is 10.6 Å². The van der Waals surface area contributed by atoms with E-state index in [9.17, 15) is 19.2 Å². The lowest BCUT2D eigenvalue weighted by Gasteiger charge is -2.29. The Morgan fingerprint density at radius 3 is 2.86 bits per heavy atom. The van der Waals surface area contributed by atoms with Gasteiger partial charge in [0.1, 0.15) is 11.6 Å². The minimum Gasteiger partial charge on any atom is -0.439 e. The van der Waals surface area contributed by atoms with E-state index in [1.165, 1.54) is 15.8 Å². The lowest BCUT2D eigenvalue weighted by atomic mass is 10.0. The number of aromatic nitrogens is 4. The van der Waals surface area contributed by atoms with Crippen LogP contribution in [0.5, 0.6) is 0 Å². The fourth-order valence-corrected chi connectivity index (χ4v) is 4.44. The molecule has 2 aliphatic heterocycles. The fourth-order valence-electron chi connectivity index (χ4n) is 4.44. The second kappa shape index (κ2) is 8.41. The SMILES string of the molecule is O=C1CCC(N2Cc3cc(-n4cc(C(=O)NCc5nc6ccccc6o5)nn4)ccc3C2=O)C(=O)N1. The van der Waals surface area contributed by atoms with Gasteiger partial charge in [0.25, 0.3) is 11.8 Å². The van der Waals surface area contributed by atoms with Gasteiger partial charge in [-0.1, -0.05) is 17.3 Å². The average Bonchev–Trinajstić information content (AvgIpc) is 3.60. The summed E-state index contributed by atoms with van der Waals surface area (Å²) in [6, 6.07) is 11.8. The average molecular weight is 485 g/mol. The standard InChI is InChI=1S/C24H19N7O5/c32-20-8-7-18(23(34)27-20)30-11-13-9-14(5-6-15(13)24(30)35)31-12-17(28-29-31)22(33)25-10-21-26-16-3-1-2-4-19(16)36-21/h1-6,9,12,18H,7-8,10-11H2,(H,25,33)(H,27,32,34). The van der Waals surface area contributed by atoms with Crippen molar-refractivity contribution in [2.24, 2.45) is 0 Å². The molecule has 0 saturated carbocycles. The molecule has 4 heterocycles. The summed E-state index contributed by atoms with van der Waals surface area (Å²) in [6.07, 6.45) is 1.97. The Kier molecular flexibility index (Phi) is 5.06. The third-order valence-electron chi connectivity index (χ3n) is 6.24. The largest absolute Gasteiger partial charge is 0.439 e. The Morgan fingerprint density at radius 2 is 2.03 bits per heavy atom. The van der Waals surface area contributed by atoms with Crippen molar-refractivity contribution in [2.75, 3.05) is 0 Å². The van der Waals surface area contributed by atoms with E-state index in [1.54, 1.807) is 24.3 Å². The van der Waals surface area contributed by atoms with Crippen molar-refractivity contribution in [3.8, 4) is 5.69 Å². The predicted molar refractivity (Wildman–Crippen MR) is 123 cm³/mol. The normalized spacial score (nSPS) is 17.4. The molecule has 1 fully saturated rings. The molecule has 2 N–H and O–H groups in total. The third-order valence-corrected chi connectivity index (χ3v) is 6.24. The van der Waals surface area contributed by atoms with E-state index in [1.807, 2.05) is 18.2 Å². The minimum atomic E-state index is -0.686. The van der Waals surface area contributed by atoms with Gasteiger partial charge in [-0.15, -0.1) is 5.10 Å². The van der Waals surface area contributed by atoms with Gasteiger partial charge < -0.3 is 14.6 Å². The number of hydrogen-bond acceptors (Lipinski definition) is 8. The Labute approximate surface area is 203 Å². The summed E-state index contributed by atoms with van der Waals surface area (Å²) in [4.78, 5) is 54.9. The highest BCUT2D eigenvalue weighted by atomic mass is 16.3. The number of benzene rings is 2. The highest BCUT2D eigenvalue weighted by molar-refractivity contribution is 6.05. The number of amides is 4. The minimum absolute atomic E-state index is 0.0947. The van der Waals surface area contributed by atoms with Crippen molar-refractivity contribution in [3.05, 3.63) is 71.4 Å². The molecule has 2 aromatic heterocycles. The highest BCUT2D eigenvalue weighted by Crippen LogP contribution is 2.29. The van der Waals surface area contributed by atoms with Crippen molar-refractivity contribution in [2.45, 2.75) is 32.0 Å². The molecular weight excluding hydrogens is 466 g/mol. The van der Waals surface area contributed by atoms with Crippen molar-refractivity contribution in [1.82, 2.24) is 35.5 Å². The molecule has 12 nitrogen and oxygen atoms in total. The maximum atomic E-state index is 12.9. The number of piperidine rings is 1. The first-order valence-corrected chi connectivity index (χ1v) is 11.3. The first kappa shape index (κ1) is 21.6. The van der Waals surface area contributed by atoms with E-state index in [0.29, 0.717) is 34.7 Å². The van der Waals surface area contributed by atoms with Crippen LogP contribution in [0, 0.1) is 0 Å². The monoisotopic (exact) mass is 485 g/mol. The number of nitrogens with zero attached hydrogens (tertiary/aromatic N) is 5. The van der Waals surface area contributed by atoms with Crippen LogP contribution in [0.2, 0.25) is 0 Å². The topological polar surface area (TPSA) is 152 Å². The van der Waals surface area contributed by atoms with Gasteiger partial charge in [-0.25, -0.2) is 9.67 Å². The van der Waals surface area contributed by atoms with Crippen LogP contribution >= 0.6 is 0 Å². The number of carbonyl (C=O) groups excluding carboxylic acids is 4. The molecule has 2 aromatic carbocycles. The van der Waals surface area contributed by atoms with Gasteiger partial charge in [0, 0.05) is 18.5 Å². The molecule has 1 atom stereocenters. The van der Waals surface area contributed by atoms with Crippen LogP contribution in [0.25, 0.3) is 16.8 Å². The molecule has 0 bridgehead atoms. The van der Waals surface area contributed by atoms with E-state index in [2.05, 4.69) is 25.9 Å². The molecular formula is C24H19N7O5. The van der Waals surface area contributed by atoms with Crippen LogP contribution in [0.15, 0.2) is 53.1 Å². The van der Waals surface area contributed by atoms with Gasteiger partial charge in [-0.05, 0) is 42.3 Å². The predicted octanol–water partition coefficient (Wildman–Crippen LogP) is 1.10. The number of hydrogen-bond donors (Lipinski definition) is 2. The van der Waals surface area contributed by atoms with Gasteiger partial charge in [0.05, 0.1) is 18.4 Å². The molecule has 1 unspecified atom stereocenters.